The maximum Gasteiger partial charge on any atom is 0.313 e. The van der Waals surface area contributed by atoms with Gasteiger partial charge in [-0.15, -0.1) is 0 Å². The van der Waals surface area contributed by atoms with Crippen molar-refractivity contribution in [2.24, 2.45) is 5.41 Å². The van der Waals surface area contributed by atoms with Crippen molar-refractivity contribution in [2.45, 2.75) is 31.8 Å². The zero-order chi connectivity index (χ0) is 17.3. The lowest BCUT2D eigenvalue weighted by molar-refractivity contribution is -0.151. The van der Waals surface area contributed by atoms with Crippen molar-refractivity contribution in [1.29, 1.82) is 0 Å². The summed E-state index contributed by atoms with van der Waals surface area (Å²) >= 11 is 0. The lowest BCUT2D eigenvalue weighted by atomic mass is 9.62. The molecule has 1 atom stereocenters. The molecule has 2 aliphatic rings. The number of benzene rings is 1. The lowest BCUT2D eigenvalue weighted by Gasteiger charge is -2.42. The van der Waals surface area contributed by atoms with Crippen LogP contribution in [0.5, 0.6) is 0 Å². The molecule has 0 aromatic heterocycles. The van der Waals surface area contributed by atoms with E-state index in [4.69, 9.17) is 0 Å². The van der Waals surface area contributed by atoms with Gasteiger partial charge in [-0.2, -0.15) is 0 Å². The fourth-order valence-electron chi connectivity index (χ4n) is 3.63. The maximum absolute atomic E-state index is 13.7. The maximum atomic E-state index is 13.7. The minimum absolute atomic E-state index is 0.0761. The topological polar surface area (TPSA) is 60.8 Å². The molecule has 1 aromatic rings. The summed E-state index contributed by atoms with van der Waals surface area (Å²) in [6.45, 7) is 1.39. The summed E-state index contributed by atoms with van der Waals surface area (Å²) in [5.74, 6) is -2.18. The first-order valence-corrected chi connectivity index (χ1v) is 8.21. The first-order chi connectivity index (χ1) is 11.4. The smallest absolute Gasteiger partial charge is 0.313 e. The van der Waals surface area contributed by atoms with E-state index in [0.29, 0.717) is 32.4 Å². The third-order valence-corrected chi connectivity index (χ3v) is 5.28. The van der Waals surface area contributed by atoms with E-state index < -0.39 is 29.1 Å². The van der Waals surface area contributed by atoms with Crippen LogP contribution in [-0.2, 0) is 4.79 Å². The molecule has 1 heterocycles. The zero-order valence-electron chi connectivity index (χ0n) is 13.3. The number of β-amino-alcohol motifs (C(OH)–C–C–N with tert-alkyl or cyclic N) is 1. The van der Waals surface area contributed by atoms with Gasteiger partial charge in [0.25, 0.3) is 0 Å². The van der Waals surface area contributed by atoms with Crippen molar-refractivity contribution in [2.75, 3.05) is 19.6 Å². The number of carbonyl (C=O) groups is 1. The van der Waals surface area contributed by atoms with Gasteiger partial charge in [0.1, 0.15) is 11.6 Å². The minimum atomic E-state index is -1.04. The summed E-state index contributed by atoms with van der Waals surface area (Å²) in [5.41, 5.74) is 0.362. The highest BCUT2D eigenvalue weighted by molar-refractivity contribution is 5.79. The van der Waals surface area contributed by atoms with Gasteiger partial charge in [0, 0.05) is 31.3 Å². The summed E-state index contributed by atoms with van der Waals surface area (Å²) in [7, 11) is 0. The van der Waals surface area contributed by atoms with Crippen LogP contribution in [0.25, 0.3) is 0 Å². The standard InChI is InChI=1S/C18H21F2NO3/c19-13-2-3-14(15(20)10-13)16(22)11-21-8-4-12(5-9-21)18(17(23)24)6-1-7-18/h2-4,10,16,22H,1,5-9,11H2,(H,23,24). The molecule has 1 aliphatic carbocycles. The Kier molecular flexibility index (Phi) is 4.69. The van der Waals surface area contributed by atoms with Crippen molar-refractivity contribution in [3.8, 4) is 0 Å². The van der Waals surface area contributed by atoms with Crippen LogP contribution < -0.4 is 0 Å². The fraction of sp³-hybridized carbons (Fsp3) is 0.500. The molecule has 1 saturated carbocycles. The van der Waals surface area contributed by atoms with Gasteiger partial charge in [0.2, 0.25) is 0 Å². The van der Waals surface area contributed by atoms with Crippen LogP contribution in [0.2, 0.25) is 0 Å². The predicted octanol–water partition coefficient (Wildman–Crippen LogP) is 2.89. The Labute approximate surface area is 139 Å². The summed E-state index contributed by atoms with van der Waals surface area (Å²) < 4.78 is 26.7. The van der Waals surface area contributed by atoms with Crippen molar-refractivity contribution < 1.29 is 23.8 Å². The number of aliphatic hydroxyl groups excluding tert-OH is 1. The molecule has 0 radical (unpaired) electrons. The van der Waals surface area contributed by atoms with E-state index in [1.807, 2.05) is 11.0 Å². The molecule has 1 aromatic carbocycles. The Morgan fingerprint density at radius 1 is 1.33 bits per heavy atom. The number of nitrogens with zero attached hydrogens (tertiary/aromatic N) is 1. The SMILES string of the molecule is O=C(O)C1(C2=CCN(CC(O)c3ccc(F)cc3F)CC2)CCC1. The molecule has 0 bridgehead atoms. The second-order valence-corrected chi connectivity index (χ2v) is 6.66. The Morgan fingerprint density at radius 2 is 2.08 bits per heavy atom. The fourth-order valence-corrected chi connectivity index (χ4v) is 3.63. The molecule has 0 amide bonds. The molecule has 2 N–H and O–H groups in total. The molecule has 0 spiro atoms. The molecule has 3 rings (SSSR count). The quantitative estimate of drug-likeness (QED) is 0.811. The zero-order valence-corrected chi connectivity index (χ0v) is 13.3. The second kappa shape index (κ2) is 6.61. The Morgan fingerprint density at radius 3 is 2.58 bits per heavy atom. The number of aliphatic carboxylic acids is 1. The Hall–Kier alpha value is -1.79. The molecule has 1 unspecified atom stereocenters. The van der Waals surface area contributed by atoms with Gasteiger partial charge in [0.05, 0.1) is 11.5 Å². The van der Waals surface area contributed by atoms with Crippen molar-refractivity contribution in [3.05, 3.63) is 47.0 Å². The molecule has 130 valence electrons. The monoisotopic (exact) mass is 337 g/mol. The van der Waals surface area contributed by atoms with Gasteiger partial charge >= 0.3 is 5.97 Å². The first-order valence-electron chi connectivity index (χ1n) is 8.21. The number of carboxylic acid groups (broad SMARTS) is 1. The number of aliphatic hydroxyl groups is 1. The van der Waals surface area contributed by atoms with Crippen molar-refractivity contribution in [1.82, 2.24) is 4.90 Å². The second-order valence-electron chi connectivity index (χ2n) is 6.66. The van der Waals surface area contributed by atoms with Gasteiger partial charge in [-0.05, 0) is 25.3 Å². The molecule has 4 nitrogen and oxygen atoms in total. The lowest BCUT2D eigenvalue weighted by Crippen LogP contribution is -2.43. The number of rotatable bonds is 5. The average molecular weight is 337 g/mol. The van der Waals surface area contributed by atoms with E-state index in [-0.39, 0.29) is 12.1 Å². The molecule has 1 fully saturated rings. The first kappa shape index (κ1) is 17.0. The molecular weight excluding hydrogens is 316 g/mol. The number of carboxylic acids is 1. The normalized spacial score (nSPS) is 21.7. The molecule has 6 heteroatoms. The third kappa shape index (κ3) is 3.08. The van der Waals surface area contributed by atoms with Gasteiger partial charge in [-0.25, -0.2) is 8.78 Å². The van der Waals surface area contributed by atoms with Gasteiger partial charge in [0.15, 0.2) is 0 Å². The van der Waals surface area contributed by atoms with E-state index in [1.54, 1.807) is 0 Å². The molecule has 24 heavy (non-hydrogen) atoms. The van der Waals surface area contributed by atoms with Crippen LogP contribution in [0.1, 0.15) is 37.4 Å². The van der Waals surface area contributed by atoms with Crippen LogP contribution in [0.3, 0.4) is 0 Å². The van der Waals surface area contributed by atoms with Crippen molar-refractivity contribution >= 4 is 5.97 Å². The third-order valence-electron chi connectivity index (χ3n) is 5.28. The summed E-state index contributed by atoms with van der Waals surface area (Å²) in [6, 6.07) is 3.15. The summed E-state index contributed by atoms with van der Waals surface area (Å²) in [6.07, 6.45) is 3.86. The van der Waals surface area contributed by atoms with Gasteiger partial charge in [-0.1, -0.05) is 24.1 Å². The minimum Gasteiger partial charge on any atom is -0.481 e. The highest BCUT2D eigenvalue weighted by Crippen LogP contribution is 2.49. The largest absolute Gasteiger partial charge is 0.481 e. The Balaban J connectivity index is 1.63. The summed E-state index contributed by atoms with van der Waals surface area (Å²) in [5, 5.41) is 19.7. The highest BCUT2D eigenvalue weighted by atomic mass is 19.1. The van der Waals surface area contributed by atoms with E-state index in [1.165, 1.54) is 6.07 Å². The molecule has 0 saturated heterocycles. The van der Waals surface area contributed by atoms with E-state index in [2.05, 4.69) is 0 Å². The van der Waals surface area contributed by atoms with E-state index >= 15 is 0 Å². The van der Waals surface area contributed by atoms with E-state index in [9.17, 15) is 23.8 Å². The number of hydrogen-bond donors (Lipinski definition) is 2. The highest BCUT2D eigenvalue weighted by Gasteiger charge is 2.47. The Bertz CT molecular complexity index is 670. The van der Waals surface area contributed by atoms with Crippen molar-refractivity contribution in [3.63, 3.8) is 0 Å². The van der Waals surface area contributed by atoms with Gasteiger partial charge in [-0.3, -0.25) is 9.69 Å². The van der Waals surface area contributed by atoms with Crippen LogP contribution in [-0.4, -0.2) is 40.7 Å². The molecule has 1 aliphatic heterocycles. The number of halogens is 2. The molecular formula is C18H21F2NO3. The average Bonchev–Trinajstić information content (AvgIpc) is 2.47. The summed E-state index contributed by atoms with van der Waals surface area (Å²) in [4.78, 5) is 13.5. The van der Waals surface area contributed by atoms with Gasteiger partial charge < -0.3 is 10.2 Å². The predicted molar refractivity (Wildman–Crippen MR) is 84.4 cm³/mol. The van der Waals surface area contributed by atoms with Crippen LogP contribution in [0.4, 0.5) is 8.78 Å². The van der Waals surface area contributed by atoms with Crippen LogP contribution in [0, 0.1) is 17.0 Å². The van der Waals surface area contributed by atoms with Crippen LogP contribution >= 0.6 is 0 Å². The van der Waals surface area contributed by atoms with Crippen LogP contribution in [0.15, 0.2) is 29.8 Å². The van der Waals surface area contributed by atoms with E-state index in [0.717, 1.165) is 24.1 Å². The number of hydrogen-bond acceptors (Lipinski definition) is 3.